The highest BCUT2D eigenvalue weighted by Gasteiger charge is 2.39. The van der Waals surface area contributed by atoms with Crippen molar-refractivity contribution in [3.8, 4) is 0 Å². The molecule has 0 aromatic heterocycles. The van der Waals surface area contributed by atoms with Crippen molar-refractivity contribution in [3.63, 3.8) is 0 Å². The average molecular weight is 416 g/mol. The molecule has 6 heteroatoms. The number of hydrogen-bond donors (Lipinski definition) is 3. The van der Waals surface area contributed by atoms with Gasteiger partial charge in [-0.1, -0.05) is 56.0 Å². The van der Waals surface area contributed by atoms with Crippen molar-refractivity contribution in [1.82, 2.24) is 5.32 Å². The van der Waals surface area contributed by atoms with Crippen LogP contribution in [0.1, 0.15) is 49.3 Å². The minimum absolute atomic E-state index is 0.00895. The van der Waals surface area contributed by atoms with E-state index < -0.39 is 16.5 Å². The van der Waals surface area contributed by atoms with Crippen LogP contribution in [0.25, 0.3) is 0 Å². The fourth-order valence-electron chi connectivity index (χ4n) is 3.61. The van der Waals surface area contributed by atoms with Gasteiger partial charge in [0.05, 0.1) is 5.04 Å². The molecular weight excluding hydrogens is 388 g/mol. The molecule has 0 bridgehead atoms. The molecule has 0 fully saturated rings. The zero-order chi connectivity index (χ0) is 21.4. The number of aryl methyl sites for hydroxylation is 1. The lowest BCUT2D eigenvalue weighted by Gasteiger charge is -2.40. The van der Waals surface area contributed by atoms with E-state index in [9.17, 15) is 8.78 Å². The summed E-state index contributed by atoms with van der Waals surface area (Å²) in [6.45, 7) is 8.73. The lowest BCUT2D eigenvalue weighted by molar-refractivity contribution is 0.446. The summed E-state index contributed by atoms with van der Waals surface area (Å²) < 4.78 is 27.8. The zero-order valence-electron chi connectivity index (χ0n) is 16.7. The van der Waals surface area contributed by atoms with Crippen LogP contribution in [0.15, 0.2) is 54.7 Å². The molecule has 1 aliphatic rings. The van der Waals surface area contributed by atoms with Gasteiger partial charge in [0.1, 0.15) is 16.5 Å². The van der Waals surface area contributed by atoms with Gasteiger partial charge in [-0.3, -0.25) is 5.41 Å². The standard InChI is InChI=1S/C22H24F2N2S.CH3N/c1-3-7-15(2)26-22(13-6-9-16-8-4-5-10-19(16)22)27-21(25)18-14-17(23)11-12-20(18)24;1-2/h4-5,8,10-12,14,25-26H,2-3,6-7,9,13H2,1H3;2H,1H2. The van der Waals surface area contributed by atoms with E-state index in [0.29, 0.717) is 0 Å². The summed E-state index contributed by atoms with van der Waals surface area (Å²) in [5.74, 6) is -1.13. The first-order chi connectivity index (χ1) is 13.9. The van der Waals surface area contributed by atoms with Gasteiger partial charge in [-0.15, -0.1) is 0 Å². The maximum atomic E-state index is 14.2. The summed E-state index contributed by atoms with van der Waals surface area (Å²) >= 11 is 1.25. The lowest BCUT2D eigenvalue weighted by atomic mass is 9.87. The molecule has 0 heterocycles. The topological polar surface area (TPSA) is 59.7 Å². The minimum Gasteiger partial charge on any atom is -0.371 e. The van der Waals surface area contributed by atoms with E-state index in [4.69, 9.17) is 10.8 Å². The smallest absolute Gasteiger partial charge is 0.133 e. The first-order valence-electron chi connectivity index (χ1n) is 9.58. The zero-order valence-corrected chi connectivity index (χ0v) is 17.5. The molecule has 2 aromatic rings. The predicted molar refractivity (Wildman–Crippen MR) is 119 cm³/mol. The largest absolute Gasteiger partial charge is 0.371 e. The van der Waals surface area contributed by atoms with E-state index in [1.165, 1.54) is 17.3 Å². The first kappa shape index (κ1) is 22.8. The van der Waals surface area contributed by atoms with Crippen molar-refractivity contribution in [2.24, 2.45) is 0 Å². The maximum absolute atomic E-state index is 14.2. The number of nitrogens with one attached hydrogen (secondary N) is 3. The Labute approximate surface area is 175 Å². The van der Waals surface area contributed by atoms with E-state index in [2.05, 4.69) is 37.7 Å². The number of halogens is 2. The second-order valence-corrected chi connectivity index (χ2v) is 8.18. The molecule has 0 spiro atoms. The predicted octanol–water partition coefficient (Wildman–Crippen LogP) is 6.38. The van der Waals surface area contributed by atoms with Crippen LogP contribution < -0.4 is 5.32 Å². The highest BCUT2D eigenvalue weighted by molar-refractivity contribution is 8.15. The summed E-state index contributed by atoms with van der Waals surface area (Å²) in [7, 11) is 0. The van der Waals surface area contributed by atoms with Crippen LogP contribution in [-0.2, 0) is 11.3 Å². The van der Waals surface area contributed by atoms with Gasteiger partial charge in [-0.05, 0) is 61.7 Å². The van der Waals surface area contributed by atoms with Crippen LogP contribution in [-0.4, -0.2) is 11.8 Å². The third kappa shape index (κ3) is 5.32. The Hall–Kier alpha value is -2.47. The first-order valence-corrected chi connectivity index (χ1v) is 10.4. The minimum atomic E-state index is -0.600. The van der Waals surface area contributed by atoms with Crippen molar-refractivity contribution in [1.29, 1.82) is 10.8 Å². The molecule has 0 saturated heterocycles. The van der Waals surface area contributed by atoms with Gasteiger partial charge in [0.2, 0.25) is 0 Å². The molecule has 0 saturated carbocycles. The lowest BCUT2D eigenvalue weighted by Crippen LogP contribution is -2.42. The number of rotatable bonds is 6. The van der Waals surface area contributed by atoms with Crippen molar-refractivity contribution in [3.05, 3.63) is 83.1 Å². The van der Waals surface area contributed by atoms with Crippen molar-refractivity contribution in [2.45, 2.75) is 43.9 Å². The van der Waals surface area contributed by atoms with Crippen LogP contribution >= 0.6 is 11.8 Å². The summed E-state index contributed by atoms with van der Waals surface area (Å²) in [6.07, 6.45) is 4.50. The van der Waals surface area contributed by atoms with E-state index in [1.54, 1.807) is 0 Å². The Balaban J connectivity index is 0.00000145. The molecule has 3 N–H and O–H groups in total. The highest BCUT2D eigenvalue weighted by atomic mass is 32.2. The van der Waals surface area contributed by atoms with E-state index in [0.717, 1.165) is 61.6 Å². The van der Waals surface area contributed by atoms with Gasteiger partial charge < -0.3 is 10.7 Å². The highest BCUT2D eigenvalue weighted by Crippen LogP contribution is 2.46. The fourth-order valence-corrected chi connectivity index (χ4v) is 4.97. The summed E-state index contributed by atoms with van der Waals surface area (Å²) in [5, 5.41) is 17.6. The molecule has 154 valence electrons. The fraction of sp³-hybridized carbons (Fsp3) is 0.304. The SMILES string of the molecule is C=C(CCC)NC1(SC(=N)c2cc(F)ccc2F)CCCc2ccccc21.C=N. The van der Waals surface area contributed by atoms with E-state index >= 15 is 0 Å². The normalized spacial score (nSPS) is 17.5. The number of hydrogen-bond acceptors (Lipinski definition) is 4. The summed E-state index contributed by atoms with van der Waals surface area (Å²) in [4.78, 5) is -0.600. The van der Waals surface area contributed by atoms with Crippen LogP contribution in [0.4, 0.5) is 8.78 Å². The summed E-state index contributed by atoms with van der Waals surface area (Å²) in [5.41, 5.74) is 3.21. The molecule has 1 aliphatic carbocycles. The van der Waals surface area contributed by atoms with Crippen LogP contribution in [0, 0.1) is 22.5 Å². The van der Waals surface area contributed by atoms with Crippen LogP contribution in [0.3, 0.4) is 0 Å². The van der Waals surface area contributed by atoms with Gasteiger partial charge in [0, 0.05) is 11.3 Å². The molecule has 0 amide bonds. The Morgan fingerprint density at radius 2 is 1.93 bits per heavy atom. The molecule has 0 aliphatic heterocycles. The molecular formula is C23H27F2N3S. The van der Waals surface area contributed by atoms with Gasteiger partial charge >= 0.3 is 0 Å². The quantitative estimate of drug-likeness (QED) is 0.291. The molecule has 3 rings (SSSR count). The number of allylic oxidation sites excluding steroid dienone is 1. The van der Waals surface area contributed by atoms with E-state index in [1.807, 2.05) is 12.1 Å². The third-order valence-electron chi connectivity index (χ3n) is 4.81. The van der Waals surface area contributed by atoms with Gasteiger partial charge in [-0.25, -0.2) is 8.78 Å². The monoisotopic (exact) mass is 415 g/mol. The molecule has 2 aromatic carbocycles. The van der Waals surface area contributed by atoms with Crippen molar-refractivity contribution in [2.75, 3.05) is 0 Å². The molecule has 3 nitrogen and oxygen atoms in total. The second kappa shape index (κ2) is 10.3. The van der Waals surface area contributed by atoms with Crippen LogP contribution in [0.5, 0.6) is 0 Å². The Kier molecular flexibility index (Phi) is 8.14. The maximum Gasteiger partial charge on any atom is 0.133 e. The van der Waals surface area contributed by atoms with E-state index in [-0.39, 0.29) is 10.6 Å². The second-order valence-electron chi connectivity index (χ2n) is 6.87. The van der Waals surface area contributed by atoms with Crippen molar-refractivity contribution >= 4 is 23.5 Å². The third-order valence-corrected chi connectivity index (χ3v) is 6.11. The number of benzene rings is 2. The van der Waals surface area contributed by atoms with Crippen LogP contribution in [0.2, 0.25) is 0 Å². The molecule has 1 unspecified atom stereocenters. The number of fused-ring (bicyclic) bond motifs is 1. The molecule has 29 heavy (non-hydrogen) atoms. The average Bonchev–Trinajstić information content (AvgIpc) is 2.71. The summed E-state index contributed by atoms with van der Waals surface area (Å²) in [6, 6.07) is 11.4. The number of thioether (sulfide) groups is 1. The van der Waals surface area contributed by atoms with Gasteiger partial charge in [0.25, 0.3) is 0 Å². The molecule has 0 radical (unpaired) electrons. The Morgan fingerprint density at radius 1 is 1.21 bits per heavy atom. The Bertz CT molecular complexity index is 884. The Morgan fingerprint density at radius 3 is 2.66 bits per heavy atom. The van der Waals surface area contributed by atoms with Gasteiger partial charge in [0.15, 0.2) is 0 Å². The van der Waals surface area contributed by atoms with Gasteiger partial charge in [-0.2, -0.15) is 0 Å². The van der Waals surface area contributed by atoms with Crippen molar-refractivity contribution < 1.29 is 8.78 Å². The molecule has 1 atom stereocenters.